The fraction of sp³-hybridized carbons (Fsp3) is 0.353. The molecule has 0 unspecified atom stereocenters. The Balaban J connectivity index is 0.00000182. The van der Waals surface area contributed by atoms with Crippen molar-refractivity contribution in [2.45, 2.75) is 38.1 Å². The van der Waals surface area contributed by atoms with Crippen LogP contribution in [0.3, 0.4) is 0 Å². The first kappa shape index (κ1) is 15.4. The maximum atomic E-state index is 4.72. The van der Waals surface area contributed by atoms with Crippen LogP contribution in [0.5, 0.6) is 0 Å². The van der Waals surface area contributed by atoms with Crippen LogP contribution in [0.15, 0.2) is 41.3 Å². The van der Waals surface area contributed by atoms with Crippen LogP contribution in [0.4, 0.5) is 17.3 Å². The van der Waals surface area contributed by atoms with Crippen molar-refractivity contribution in [1.29, 1.82) is 0 Å². The zero-order chi connectivity index (χ0) is 16.4. The van der Waals surface area contributed by atoms with Crippen molar-refractivity contribution in [1.82, 2.24) is 19.6 Å². The molecule has 24 heavy (non-hydrogen) atoms. The summed E-state index contributed by atoms with van der Waals surface area (Å²) in [5.74, 6) is 1.74. The lowest BCUT2D eigenvalue weighted by atomic mass is 9.95. The zero-order valence-corrected chi connectivity index (χ0v) is 14.8. The van der Waals surface area contributed by atoms with Gasteiger partial charge in [-0.3, -0.25) is 4.98 Å². The summed E-state index contributed by atoms with van der Waals surface area (Å²) in [4.78, 5) is 8.87. The molecule has 1 aliphatic rings. The second-order valence-electron chi connectivity index (χ2n) is 6.10. The third-order valence-corrected chi connectivity index (χ3v) is 4.88. The van der Waals surface area contributed by atoms with Gasteiger partial charge in [-0.05, 0) is 40.9 Å². The molecule has 0 atom stereocenters. The minimum absolute atomic E-state index is 0. The molecule has 0 saturated heterocycles. The SMILES string of the molecule is Brc1cnn2c(Nc3cccnc3)cc(NC3CCCCC3)nc12.[HH]. The van der Waals surface area contributed by atoms with Gasteiger partial charge in [0.2, 0.25) is 0 Å². The van der Waals surface area contributed by atoms with E-state index in [4.69, 9.17) is 4.98 Å². The van der Waals surface area contributed by atoms with Crippen molar-refractivity contribution in [2.24, 2.45) is 0 Å². The minimum Gasteiger partial charge on any atom is -0.367 e. The summed E-state index contributed by atoms with van der Waals surface area (Å²) in [7, 11) is 0. The maximum Gasteiger partial charge on any atom is 0.173 e. The molecule has 1 aliphatic carbocycles. The largest absolute Gasteiger partial charge is 0.367 e. The number of nitrogens with one attached hydrogen (secondary N) is 2. The topological polar surface area (TPSA) is 67.1 Å². The Morgan fingerprint density at radius 3 is 2.88 bits per heavy atom. The Labute approximate surface area is 150 Å². The van der Waals surface area contributed by atoms with Gasteiger partial charge < -0.3 is 10.6 Å². The van der Waals surface area contributed by atoms with Crippen molar-refractivity contribution in [3.63, 3.8) is 0 Å². The van der Waals surface area contributed by atoms with E-state index in [2.05, 4.69) is 36.6 Å². The van der Waals surface area contributed by atoms with Crippen LogP contribution in [0.2, 0.25) is 0 Å². The Morgan fingerprint density at radius 2 is 2.08 bits per heavy atom. The molecule has 3 heterocycles. The highest BCUT2D eigenvalue weighted by Crippen LogP contribution is 2.27. The van der Waals surface area contributed by atoms with Gasteiger partial charge in [0.05, 0.1) is 22.6 Å². The van der Waals surface area contributed by atoms with Crippen molar-refractivity contribution >= 4 is 38.9 Å². The quantitative estimate of drug-likeness (QED) is 0.682. The summed E-state index contributed by atoms with van der Waals surface area (Å²) >= 11 is 3.53. The molecule has 1 saturated carbocycles. The molecule has 1 fully saturated rings. The second-order valence-corrected chi connectivity index (χ2v) is 6.95. The molecule has 0 amide bonds. The van der Waals surface area contributed by atoms with Gasteiger partial charge in [0.15, 0.2) is 5.65 Å². The molecule has 0 aromatic carbocycles. The number of rotatable bonds is 4. The Morgan fingerprint density at radius 1 is 1.21 bits per heavy atom. The van der Waals surface area contributed by atoms with Crippen LogP contribution in [0.25, 0.3) is 5.65 Å². The molecule has 0 bridgehead atoms. The lowest BCUT2D eigenvalue weighted by molar-refractivity contribution is 0.462. The highest BCUT2D eigenvalue weighted by atomic mass is 79.9. The summed E-state index contributed by atoms with van der Waals surface area (Å²) in [6, 6.07) is 6.39. The predicted octanol–water partition coefficient (Wildman–Crippen LogP) is 4.62. The monoisotopic (exact) mass is 388 g/mol. The molecule has 126 valence electrons. The Hall–Kier alpha value is -2.15. The summed E-state index contributed by atoms with van der Waals surface area (Å²) < 4.78 is 2.67. The third-order valence-electron chi connectivity index (χ3n) is 4.32. The van der Waals surface area contributed by atoms with Gasteiger partial charge in [-0.15, -0.1) is 0 Å². The van der Waals surface area contributed by atoms with Gasteiger partial charge in [-0.25, -0.2) is 4.98 Å². The molecule has 0 radical (unpaired) electrons. The number of hydrogen-bond donors (Lipinski definition) is 2. The number of fused-ring (bicyclic) bond motifs is 1. The van der Waals surface area contributed by atoms with Gasteiger partial charge in [-0.2, -0.15) is 9.61 Å². The van der Waals surface area contributed by atoms with Crippen LogP contribution in [-0.2, 0) is 0 Å². The first-order valence-electron chi connectivity index (χ1n) is 8.27. The highest BCUT2D eigenvalue weighted by Gasteiger charge is 2.16. The van der Waals surface area contributed by atoms with Gasteiger partial charge in [0.1, 0.15) is 11.6 Å². The first-order valence-corrected chi connectivity index (χ1v) is 9.07. The van der Waals surface area contributed by atoms with E-state index in [1.165, 1.54) is 32.1 Å². The maximum absolute atomic E-state index is 4.72. The summed E-state index contributed by atoms with van der Waals surface area (Å²) in [6.45, 7) is 0. The van der Waals surface area contributed by atoms with Crippen molar-refractivity contribution < 1.29 is 1.43 Å². The smallest absolute Gasteiger partial charge is 0.173 e. The number of anilines is 3. The van der Waals surface area contributed by atoms with Crippen molar-refractivity contribution in [2.75, 3.05) is 10.6 Å². The van der Waals surface area contributed by atoms with Crippen LogP contribution in [-0.4, -0.2) is 25.6 Å². The minimum atomic E-state index is 0. The normalized spacial score (nSPS) is 15.5. The second kappa shape index (κ2) is 6.76. The molecule has 2 N–H and O–H groups in total. The average molecular weight is 389 g/mol. The zero-order valence-electron chi connectivity index (χ0n) is 13.2. The molecular weight excluding hydrogens is 368 g/mol. The fourth-order valence-electron chi connectivity index (χ4n) is 3.14. The van der Waals surface area contributed by atoms with Crippen molar-refractivity contribution in [3.8, 4) is 0 Å². The lowest BCUT2D eigenvalue weighted by Crippen LogP contribution is -2.23. The average Bonchev–Trinajstić information content (AvgIpc) is 2.98. The number of hydrogen-bond acceptors (Lipinski definition) is 5. The van der Waals surface area contributed by atoms with E-state index < -0.39 is 0 Å². The van der Waals surface area contributed by atoms with Crippen LogP contribution >= 0.6 is 15.9 Å². The van der Waals surface area contributed by atoms with Gasteiger partial charge in [-0.1, -0.05) is 19.3 Å². The van der Waals surface area contributed by atoms with E-state index in [0.717, 1.165) is 27.4 Å². The van der Waals surface area contributed by atoms with E-state index in [-0.39, 0.29) is 1.43 Å². The molecule has 0 spiro atoms. The molecule has 0 aliphatic heterocycles. The molecule has 4 rings (SSSR count). The fourth-order valence-corrected chi connectivity index (χ4v) is 3.49. The van der Waals surface area contributed by atoms with E-state index in [1.807, 2.05) is 18.2 Å². The standard InChI is InChI=1S/C17H19BrN6.H2/c18-14-11-20-24-16(22-13-7-4-8-19-10-13)9-15(23-17(14)24)21-12-5-2-1-3-6-12;/h4,7-12,22H,1-3,5-6H2,(H,21,23);1H. The van der Waals surface area contributed by atoms with Gasteiger partial charge >= 0.3 is 0 Å². The molecular formula is C17H21BrN6. The Bertz CT molecular complexity index is 832. The number of nitrogens with zero attached hydrogens (tertiary/aromatic N) is 4. The van der Waals surface area contributed by atoms with Crippen LogP contribution < -0.4 is 10.6 Å². The number of pyridine rings is 1. The molecule has 7 heteroatoms. The summed E-state index contributed by atoms with van der Waals surface area (Å²) in [5, 5.41) is 11.4. The van der Waals surface area contributed by atoms with Crippen LogP contribution in [0, 0.1) is 0 Å². The summed E-state index contributed by atoms with van der Waals surface area (Å²) in [5.41, 5.74) is 1.71. The lowest BCUT2D eigenvalue weighted by Gasteiger charge is -2.23. The van der Waals surface area contributed by atoms with E-state index in [0.29, 0.717) is 6.04 Å². The molecule has 3 aromatic heterocycles. The predicted molar refractivity (Wildman–Crippen MR) is 101 cm³/mol. The molecule has 6 nitrogen and oxygen atoms in total. The highest BCUT2D eigenvalue weighted by molar-refractivity contribution is 9.10. The van der Waals surface area contributed by atoms with E-state index in [1.54, 1.807) is 23.1 Å². The van der Waals surface area contributed by atoms with Gasteiger partial charge in [0, 0.05) is 19.7 Å². The van der Waals surface area contributed by atoms with Gasteiger partial charge in [0.25, 0.3) is 0 Å². The number of halogens is 1. The number of aromatic nitrogens is 4. The molecule has 3 aromatic rings. The first-order chi connectivity index (χ1) is 11.8. The van der Waals surface area contributed by atoms with Crippen molar-refractivity contribution in [3.05, 3.63) is 41.3 Å². The van der Waals surface area contributed by atoms with Crippen LogP contribution in [0.1, 0.15) is 33.5 Å². The Kier molecular flexibility index (Phi) is 4.34. The third kappa shape index (κ3) is 3.21. The van der Waals surface area contributed by atoms with E-state index >= 15 is 0 Å². The summed E-state index contributed by atoms with van der Waals surface area (Å²) in [6.07, 6.45) is 11.6. The van der Waals surface area contributed by atoms with E-state index in [9.17, 15) is 0 Å².